The van der Waals surface area contributed by atoms with Crippen molar-refractivity contribution in [2.45, 2.75) is 32.1 Å². The van der Waals surface area contributed by atoms with E-state index >= 15 is 0 Å². The van der Waals surface area contributed by atoms with Crippen molar-refractivity contribution < 1.29 is 31.1 Å². The first-order chi connectivity index (χ1) is 15.5. The number of ether oxygens (including phenoxy) is 1. The van der Waals surface area contributed by atoms with Crippen molar-refractivity contribution in [1.29, 1.82) is 0 Å². The van der Waals surface area contributed by atoms with E-state index in [1.165, 1.54) is 0 Å². The van der Waals surface area contributed by atoms with Gasteiger partial charge >= 0.3 is 6.18 Å². The third-order valence-corrected chi connectivity index (χ3v) is 6.03. The molecule has 0 saturated heterocycles. The zero-order valence-corrected chi connectivity index (χ0v) is 18.4. The molecule has 1 aromatic carbocycles. The van der Waals surface area contributed by atoms with Crippen molar-refractivity contribution >= 4 is 15.6 Å². The summed E-state index contributed by atoms with van der Waals surface area (Å²) in [4.78, 5) is 21.0. The minimum atomic E-state index is -4.47. The number of sulfone groups is 1. The zero-order chi connectivity index (χ0) is 23.8. The number of alkyl halides is 3. The van der Waals surface area contributed by atoms with Crippen molar-refractivity contribution in [2.24, 2.45) is 0 Å². The number of carbonyl (C=O) groups excluding carboxylic acids is 1. The van der Waals surface area contributed by atoms with Crippen molar-refractivity contribution in [3.05, 3.63) is 36.3 Å². The van der Waals surface area contributed by atoms with E-state index in [4.69, 9.17) is 4.74 Å². The lowest BCUT2D eigenvalue weighted by Crippen LogP contribution is -2.19. The fourth-order valence-corrected chi connectivity index (χ4v) is 4.22. The van der Waals surface area contributed by atoms with Gasteiger partial charge in [-0.15, -0.1) is 0 Å². The van der Waals surface area contributed by atoms with Gasteiger partial charge in [-0.3, -0.25) is 4.79 Å². The summed E-state index contributed by atoms with van der Waals surface area (Å²) in [6, 6.07) is 4.84. The van der Waals surface area contributed by atoms with Crippen molar-refractivity contribution in [2.75, 3.05) is 18.6 Å². The van der Waals surface area contributed by atoms with E-state index in [9.17, 15) is 26.4 Å². The van der Waals surface area contributed by atoms with Gasteiger partial charge < -0.3 is 9.30 Å². The molecule has 0 fully saturated rings. The van der Waals surface area contributed by atoms with Crippen molar-refractivity contribution in [3.8, 4) is 28.7 Å². The van der Waals surface area contributed by atoms with Gasteiger partial charge in [0.2, 0.25) is 0 Å². The van der Waals surface area contributed by atoms with Crippen LogP contribution in [0.4, 0.5) is 13.2 Å². The number of imidazole rings is 1. The Labute approximate surface area is 187 Å². The largest absolute Gasteiger partial charge is 0.491 e. The average Bonchev–Trinajstić information content (AvgIpc) is 3.29. The van der Waals surface area contributed by atoms with Gasteiger partial charge in [0.25, 0.3) is 0 Å². The number of benzene rings is 1. The Kier molecular flexibility index (Phi) is 5.99. The molecule has 3 heterocycles. The second-order valence-electron chi connectivity index (χ2n) is 7.72. The van der Waals surface area contributed by atoms with E-state index in [-0.39, 0.29) is 35.9 Å². The molecule has 0 saturated carbocycles. The summed E-state index contributed by atoms with van der Waals surface area (Å²) in [5.74, 6) is 0.566. The van der Waals surface area contributed by atoms with Crippen LogP contribution in [0.5, 0.6) is 5.75 Å². The van der Waals surface area contributed by atoms with Crippen LogP contribution in [-0.4, -0.2) is 63.3 Å². The summed E-state index contributed by atoms with van der Waals surface area (Å²) in [6.07, 6.45) is -0.469. The third-order valence-electron chi connectivity index (χ3n) is 5.00. The van der Waals surface area contributed by atoms with Gasteiger partial charge in [0.1, 0.15) is 46.6 Å². The molecule has 1 aliphatic heterocycles. The van der Waals surface area contributed by atoms with Crippen LogP contribution < -0.4 is 4.74 Å². The maximum Gasteiger partial charge on any atom is 0.408 e. The Morgan fingerprint density at radius 2 is 2.03 bits per heavy atom. The molecule has 0 spiro atoms. The predicted octanol–water partition coefficient (Wildman–Crippen LogP) is 2.77. The lowest BCUT2D eigenvalue weighted by Gasteiger charge is -2.09. The Balaban J connectivity index is 1.65. The van der Waals surface area contributed by atoms with E-state index in [0.717, 1.165) is 17.3 Å². The van der Waals surface area contributed by atoms with Crippen LogP contribution in [0, 0.1) is 0 Å². The number of hydrogen-bond donors (Lipinski definition) is 0. The zero-order valence-electron chi connectivity index (χ0n) is 17.5. The molecule has 0 atom stereocenters. The predicted molar refractivity (Wildman–Crippen MR) is 112 cm³/mol. The standard InChI is InChI=1S/C20H20F3N5O4S/c1-33(30,31)8-2-3-16(29)13-4-5-17-14(9-13)18-26-15(10-27(18)6-7-32-17)19-24-12-25-28(19)11-20(21,22)23/h4-5,9-10,12H,2-3,6-8,11H2,1H3. The number of halogens is 3. The van der Waals surface area contributed by atoms with Crippen LogP contribution in [0.1, 0.15) is 23.2 Å². The molecule has 33 heavy (non-hydrogen) atoms. The maximum atomic E-state index is 12.9. The highest BCUT2D eigenvalue weighted by Crippen LogP contribution is 2.35. The van der Waals surface area contributed by atoms with E-state index in [0.29, 0.717) is 35.9 Å². The molecule has 2 aromatic heterocycles. The Bertz CT molecular complexity index is 1300. The van der Waals surface area contributed by atoms with E-state index in [1.807, 2.05) is 0 Å². The van der Waals surface area contributed by atoms with Crippen LogP contribution in [0.25, 0.3) is 22.9 Å². The monoisotopic (exact) mass is 483 g/mol. The molecular weight excluding hydrogens is 463 g/mol. The van der Waals surface area contributed by atoms with E-state index < -0.39 is 22.6 Å². The number of aromatic nitrogens is 5. The first-order valence-electron chi connectivity index (χ1n) is 10.0. The molecule has 176 valence electrons. The van der Waals surface area contributed by atoms with Gasteiger partial charge in [-0.05, 0) is 24.6 Å². The lowest BCUT2D eigenvalue weighted by molar-refractivity contribution is -0.142. The minimum Gasteiger partial charge on any atom is -0.491 e. The van der Waals surface area contributed by atoms with Crippen LogP contribution in [0.2, 0.25) is 0 Å². The number of hydrogen-bond acceptors (Lipinski definition) is 7. The summed E-state index contributed by atoms with van der Waals surface area (Å²) in [7, 11) is -3.16. The molecule has 0 bridgehead atoms. The van der Waals surface area contributed by atoms with E-state index in [2.05, 4.69) is 15.1 Å². The Hall–Kier alpha value is -3.22. The minimum absolute atomic E-state index is 0.0247. The van der Waals surface area contributed by atoms with Gasteiger partial charge in [0.15, 0.2) is 11.6 Å². The molecule has 4 rings (SSSR count). The molecule has 0 unspecified atom stereocenters. The Morgan fingerprint density at radius 1 is 1.24 bits per heavy atom. The van der Waals surface area contributed by atoms with Crippen LogP contribution in [0.15, 0.2) is 30.7 Å². The summed E-state index contributed by atoms with van der Waals surface area (Å²) in [6.45, 7) is -0.606. The number of rotatable bonds is 7. The highest BCUT2D eigenvalue weighted by molar-refractivity contribution is 7.90. The quantitative estimate of drug-likeness (QED) is 0.476. The smallest absolute Gasteiger partial charge is 0.408 e. The first kappa shape index (κ1) is 23.0. The maximum absolute atomic E-state index is 12.9. The average molecular weight is 483 g/mol. The fraction of sp³-hybridized carbons (Fsp3) is 0.400. The summed E-state index contributed by atoms with van der Waals surface area (Å²) < 4.78 is 69.4. The second kappa shape index (κ2) is 8.61. The molecule has 13 heteroatoms. The first-order valence-corrected chi connectivity index (χ1v) is 12.1. The molecular formula is C20H20F3N5O4S. The Morgan fingerprint density at radius 3 is 2.76 bits per heavy atom. The van der Waals surface area contributed by atoms with Gasteiger partial charge in [0.05, 0.1) is 17.9 Å². The number of carbonyl (C=O) groups is 1. The SMILES string of the molecule is CS(=O)(=O)CCCC(=O)c1ccc2c(c1)-c1nc(-c3ncnn3CC(F)(F)F)cn1CCO2. The van der Waals surface area contributed by atoms with E-state index in [1.54, 1.807) is 29.0 Å². The topological polar surface area (TPSA) is 109 Å². The lowest BCUT2D eigenvalue weighted by atomic mass is 10.0. The number of fused-ring (bicyclic) bond motifs is 3. The molecule has 0 aliphatic carbocycles. The molecule has 0 N–H and O–H groups in total. The number of nitrogens with zero attached hydrogens (tertiary/aromatic N) is 5. The van der Waals surface area contributed by atoms with Crippen molar-refractivity contribution in [3.63, 3.8) is 0 Å². The van der Waals surface area contributed by atoms with Crippen LogP contribution >= 0.6 is 0 Å². The van der Waals surface area contributed by atoms with Gasteiger partial charge in [-0.1, -0.05) is 0 Å². The highest BCUT2D eigenvalue weighted by atomic mass is 32.2. The molecule has 3 aromatic rings. The number of ketones is 1. The second-order valence-corrected chi connectivity index (χ2v) is 9.98. The molecule has 0 amide bonds. The summed E-state index contributed by atoms with van der Waals surface area (Å²) in [5.41, 5.74) is 1.09. The molecule has 1 aliphatic rings. The molecule has 9 nitrogen and oxygen atoms in total. The van der Waals surface area contributed by atoms with Crippen LogP contribution in [-0.2, 0) is 22.9 Å². The summed E-state index contributed by atoms with van der Waals surface area (Å²) in [5, 5.41) is 3.65. The summed E-state index contributed by atoms with van der Waals surface area (Å²) >= 11 is 0. The fourth-order valence-electron chi connectivity index (χ4n) is 3.55. The number of Topliss-reactive ketones (excluding diaryl/α,β-unsaturated/α-hetero) is 1. The van der Waals surface area contributed by atoms with Crippen LogP contribution in [0.3, 0.4) is 0 Å². The van der Waals surface area contributed by atoms with Gasteiger partial charge in [-0.2, -0.15) is 18.3 Å². The third kappa shape index (κ3) is 5.41. The van der Waals surface area contributed by atoms with Gasteiger partial charge in [-0.25, -0.2) is 23.1 Å². The van der Waals surface area contributed by atoms with Crippen molar-refractivity contribution in [1.82, 2.24) is 24.3 Å². The molecule has 0 radical (unpaired) electrons. The van der Waals surface area contributed by atoms with Gasteiger partial charge in [0, 0.05) is 24.4 Å². The highest BCUT2D eigenvalue weighted by Gasteiger charge is 2.31. The normalized spacial score (nSPS) is 13.7.